The second-order valence-corrected chi connectivity index (χ2v) is 4.91. The first kappa shape index (κ1) is 12.5. The van der Waals surface area contributed by atoms with Crippen molar-refractivity contribution in [1.82, 2.24) is 15.6 Å². The van der Waals surface area contributed by atoms with Gasteiger partial charge in [0.1, 0.15) is 11.4 Å². The van der Waals surface area contributed by atoms with Crippen molar-refractivity contribution < 1.29 is 9.59 Å². The fraction of sp³-hybridized carbons (Fsp3) is 0.308. The maximum Gasteiger partial charge on any atom is 0.277 e. The summed E-state index contributed by atoms with van der Waals surface area (Å²) in [7, 11) is 0. The number of carbonyl (C=O) groups is 2. The molecule has 2 amide bonds. The number of nitrogens with one attached hydrogen (secondary N) is 3. The van der Waals surface area contributed by atoms with Gasteiger partial charge in [-0.2, -0.15) is 0 Å². The highest BCUT2D eigenvalue weighted by molar-refractivity contribution is 6.16. The van der Waals surface area contributed by atoms with Crippen LogP contribution in [0.15, 0.2) is 10.7 Å². The molecule has 0 atom stereocenters. The number of aromatic nitrogens is 1. The average Bonchev–Trinajstić information content (AvgIpc) is 2.81. The molecule has 2 aliphatic heterocycles. The lowest BCUT2D eigenvalue weighted by molar-refractivity contribution is -0.115. The zero-order valence-electron chi connectivity index (χ0n) is 11.3. The summed E-state index contributed by atoms with van der Waals surface area (Å²) in [6.45, 7) is 4.27. The van der Waals surface area contributed by atoms with Crippen molar-refractivity contribution in [1.29, 1.82) is 0 Å². The molecule has 2 aliphatic rings. The van der Waals surface area contributed by atoms with Gasteiger partial charge in [0.15, 0.2) is 0 Å². The largest absolute Gasteiger partial charge is 0.369 e. The fourth-order valence-corrected chi connectivity index (χ4v) is 2.60. The van der Waals surface area contributed by atoms with Crippen molar-refractivity contribution in [2.24, 2.45) is 10.7 Å². The summed E-state index contributed by atoms with van der Waals surface area (Å²) in [6.07, 6.45) is 0.538. The van der Waals surface area contributed by atoms with Crippen LogP contribution < -0.4 is 16.4 Å². The van der Waals surface area contributed by atoms with Crippen LogP contribution in [0.1, 0.15) is 33.7 Å². The Morgan fingerprint density at radius 2 is 1.95 bits per heavy atom. The Labute approximate surface area is 115 Å². The second kappa shape index (κ2) is 4.22. The van der Waals surface area contributed by atoms with E-state index < -0.39 is 0 Å². The Morgan fingerprint density at radius 1 is 1.20 bits per heavy atom. The van der Waals surface area contributed by atoms with E-state index in [2.05, 4.69) is 20.6 Å². The summed E-state index contributed by atoms with van der Waals surface area (Å²) in [5.41, 5.74) is 9.69. The molecule has 0 unspecified atom stereocenters. The molecular weight excluding hydrogens is 258 g/mol. The van der Waals surface area contributed by atoms with Crippen molar-refractivity contribution in [3.63, 3.8) is 0 Å². The molecule has 104 valence electrons. The molecule has 5 N–H and O–H groups in total. The molecule has 3 rings (SSSR count). The second-order valence-electron chi connectivity index (χ2n) is 4.91. The number of nitrogens with two attached hydrogens (primary N) is 1. The highest BCUT2D eigenvalue weighted by Gasteiger charge is 2.30. The Balaban J connectivity index is 2.29. The number of nitrogens with zero attached hydrogens (tertiary/aromatic N) is 1. The molecule has 1 aromatic rings. The third-order valence-electron chi connectivity index (χ3n) is 3.66. The molecule has 7 heteroatoms. The Kier molecular flexibility index (Phi) is 2.63. The molecule has 0 saturated heterocycles. The Bertz CT molecular complexity index is 696. The van der Waals surface area contributed by atoms with Crippen molar-refractivity contribution in [3.05, 3.63) is 28.2 Å². The van der Waals surface area contributed by atoms with Gasteiger partial charge < -0.3 is 16.0 Å². The number of aliphatic imine (C=N–C) groups is 1. The number of carbonyl (C=O) groups excluding carboxylic acids is 2. The van der Waals surface area contributed by atoms with E-state index >= 15 is 0 Å². The van der Waals surface area contributed by atoms with Gasteiger partial charge >= 0.3 is 0 Å². The minimum absolute atomic E-state index is 0.0903. The van der Waals surface area contributed by atoms with E-state index in [-0.39, 0.29) is 17.8 Å². The highest BCUT2D eigenvalue weighted by Crippen LogP contribution is 2.33. The highest BCUT2D eigenvalue weighted by atomic mass is 16.2. The summed E-state index contributed by atoms with van der Waals surface area (Å²) in [5.74, 6) is -0.397. The predicted molar refractivity (Wildman–Crippen MR) is 73.9 cm³/mol. The number of guanidine groups is 1. The van der Waals surface area contributed by atoms with E-state index in [1.165, 1.54) is 0 Å². The van der Waals surface area contributed by atoms with Crippen LogP contribution in [-0.4, -0.2) is 29.3 Å². The smallest absolute Gasteiger partial charge is 0.277 e. The van der Waals surface area contributed by atoms with E-state index in [9.17, 15) is 9.59 Å². The van der Waals surface area contributed by atoms with Crippen molar-refractivity contribution >= 4 is 23.3 Å². The molecule has 0 aromatic carbocycles. The minimum Gasteiger partial charge on any atom is -0.369 e. The number of aromatic amines is 1. The number of H-pyrrole nitrogens is 1. The van der Waals surface area contributed by atoms with Crippen LogP contribution in [0.4, 0.5) is 0 Å². The lowest BCUT2D eigenvalue weighted by Crippen LogP contribution is -2.30. The van der Waals surface area contributed by atoms with Gasteiger partial charge in [-0.05, 0) is 31.4 Å². The van der Waals surface area contributed by atoms with Gasteiger partial charge in [0.05, 0.1) is 0 Å². The topological polar surface area (TPSA) is 112 Å². The lowest BCUT2D eigenvalue weighted by atomic mass is 9.97. The third kappa shape index (κ3) is 1.70. The number of hydrogen-bond acceptors (Lipinski definition) is 4. The van der Waals surface area contributed by atoms with Crippen molar-refractivity contribution in [2.45, 2.75) is 20.3 Å². The molecule has 3 heterocycles. The van der Waals surface area contributed by atoms with Gasteiger partial charge in [-0.1, -0.05) is 0 Å². The molecular formula is C13H15N5O2. The number of aryl methyl sites for hydroxylation is 1. The van der Waals surface area contributed by atoms with Crippen LogP contribution in [0, 0.1) is 13.8 Å². The summed E-state index contributed by atoms with van der Waals surface area (Å²) in [5, 5.41) is 5.27. The first-order valence-corrected chi connectivity index (χ1v) is 6.35. The number of amides is 2. The molecule has 0 bridgehead atoms. The van der Waals surface area contributed by atoms with Crippen LogP contribution >= 0.6 is 0 Å². The van der Waals surface area contributed by atoms with Crippen LogP contribution in [0.2, 0.25) is 0 Å². The summed E-state index contributed by atoms with van der Waals surface area (Å²) in [6, 6.07) is 0. The minimum atomic E-state index is -0.323. The summed E-state index contributed by atoms with van der Waals surface area (Å²) >= 11 is 0. The monoisotopic (exact) mass is 273 g/mol. The van der Waals surface area contributed by atoms with Crippen molar-refractivity contribution in [3.8, 4) is 0 Å². The maximum absolute atomic E-state index is 12.1. The number of fused-ring (bicyclic) bond motifs is 1. The maximum atomic E-state index is 12.1. The zero-order valence-corrected chi connectivity index (χ0v) is 11.3. The zero-order chi connectivity index (χ0) is 14.4. The quantitative estimate of drug-likeness (QED) is 0.496. The SMILES string of the molecule is Cc1[nH]c2c(c1C)/C(=C1\N=C(N)NC1=O)CCNC2=O. The first-order chi connectivity index (χ1) is 9.49. The molecule has 20 heavy (non-hydrogen) atoms. The standard InChI is InChI=1S/C13H15N5O2/c1-5-6(2)16-10-8(5)7(3-4-15-11(10)19)9-12(20)18-13(14)17-9/h16H,3-4H2,1-2H3,(H,15,19)(H3,14,17,18,20)/b9-7-. The van der Waals surface area contributed by atoms with E-state index in [4.69, 9.17) is 5.73 Å². The predicted octanol–water partition coefficient (Wildman–Crippen LogP) is -0.0794. The van der Waals surface area contributed by atoms with E-state index in [0.29, 0.717) is 24.4 Å². The number of hydrogen-bond donors (Lipinski definition) is 4. The molecule has 0 radical (unpaired) electrons. The molecule has 0 saturated carbocycles. The Hall–Kier alpha value is -2.57. The van der Waals surface area contributed by atoms with Gasteiger partial charge in [0.25, 0.3) is 11.8 Å². The third-order valence-corrected chi connectivity index (χ3v) is 3.66. The summed E-state index contributed by atoms with van der Waals surface area (Å²) in [4.78, 5) is 31.1. The van der Waals surface area contributed by atoms with Crippen LogP contribution in [0.3, 0.4) is 0 Å². The van der Waals surface area contributed by atoms with Crippen LogP contribution in [0.25, 0.3) is 5.57 Å². The molecule has 7 nitrogen and oxygen atoms in total. The fourth-order valence-electron chi connectivity index (χ4n) is 2.60. The van der Waals surface area contributed by atoms with Gasteiger partial charge in [0, 0.05) is 17.8 Å². The van der Waals surface area contributed by atoms with E-state index in [1.807, 2.05) is 13.8 Å². The van der Waals surface area contributed by atoms with Gasteiger partial charge in [-0.25, -0.2) is 4.99 Å². The number of rotatable bonds is 0. The molecule has 1 aromatic heterocycles. The normalized spacial score (nSPS) is 22.0. The Morgan fingerprint density at radius 3 is 2.60 bits per heavy atom. The van der Waals surface area contributed by atoms with E-state index in [1.54, 1.807) is 0 Å². The van der Waals surface area contributed by atoms with Crippen molar-refractivity contribution in [2.75, 3.05) is 6.54 Å². The van der Waals surface area contributed by atoms with Crippen LogP contribution in [0.5, 0.6) is 0 Å². The first-order valence-electron chi connectivity index (χ1n) is 6.35. The average molecular weight is 273 g/mol. The van der Waals surface area contributed by atoms with E-state index in [0.717, 1.165) is 22.4 Å². The van der Waals surface area contributed by atoms with Crippen LogP contribution in [-0.2, 0) is 4.79 Å². The van der Waals surface area contributed by atoms with Gasteiger partial charge in [0.2, 0.25) is 5.96 Å². The molecule has 0 fully saturated rings. The molecule has 0 spiro atoms. The lowest BCUT2D eigenvalue weighted by Gasteiger charge is -2.07. The summed E-state index contributed by atoms with van der Waals surface area (Å²) < 4.78 is 0. The van der Waals surface area contributed by atoms with Gasteiger partial charge in [-0.15, -0.1) is 0 Å². The molecule has 0 aliphatic carbocycles. The van der Waals surface area contributed by atoms with Gasteiger partial charge in [-0.3, -0.25) is 14.9 Å².